The molecule has 2 aromatic rings. The van der Waals surface area contributed by atoms with Crippen LogP contribution in [0.25, 0.3) is 5.69 Å². The third-order valence-electron chi connectivity index (χ3n) is 4.48. The van der Waals surface area contributed by atoms with E-state index >= 15 is 0 Å². The maximum atomic E-state index is 13.2. The highest BCUT2D eigenvalue weighted by Crippen LogP contribution is 2.26. The molecule has 6 nitrogen and oxygen atoms in total. The predicted molar refractivity (Wildman–Crippen MR) is 89.3 cm³/mol. The van der Waals surface area contributed by atoms with Crippen molar-refractivity contribution in [2.45, 2.75) is 26.2 Å². The minimum absolute atomic E-state index is 0.0179. The van der Waals surface area contributed by atoms with Gasteiger partial charge in [-0.15, -0.1) is 0 Å². The molecule has 0 radical (unpaired) electrons. The average Bonchev–Trinajstić information content (AvgIpc) is 3.22. The van der Waals surface area contributed by atoms with Gasteiger partial charge in [0.1, 0.15) is 5.82 Å². The van der Waals surface area contributed by atoms with Crippen LogP contribution in [-0.4, -0.2) is 44.8 Å². The van der Waals surface area contributed by atoms with E-state index in [2.05, 4.69) is 5.10 Å². The van der Waals surface area contributed by atoms with Gasteiger partial charge in [0.2, 0.25) is 0 Å². The van der Waals surface area contributed by atoms with E-state index in [1.54, 1.807) is 21.7 Å². The number of hydrogen-bond donors (Lipinski definition) is 1. The van der Waals surface area contributed by atoms with Crippen LogP contribution in [0, 0.1) is 11.7 Å². The zero-order valence-corrected chi connectivity index (χ0v) is 14.1. The van der Waals surface area contributed by atoms with E-state index in [0.29, 0.717) is 24.2 Å². The Bertz CT molecular complexity index is 798. The highest BCUT2D eigenvalue weighted by molar-refractivity contribution is 5.96. The van der Waals surface area contributed by atoms with Crippen molar-refractivity contribution in [1.82, 2.24) is 14.7 Å². The molecule has 0 aliphatic carbocycles. The Kier molecular flexibility index (Phi) is 4.57. The lowest BCUT2D eigenvalue weighted by Crippen LogP contribution is -2.30. The van der Waals surface area contributed by atoms with Crippen LogP contribution >= 0.6 is 0 Å². The summed E-state index contributed by atoms with van der Waals surface area (Å²) in [6, 6.07) is 5.92. The fourth-order valence-corrected chi connectivity index (χ4v) is 3.18. The molecule has 1 aliphatic heterocycles. The lowest BCUT2D eigenvalue weighted by atomic mass is 10.0. The van der Waals surface area contributed by atoms with Gasteiger partial charge >= 0.3 is 5.97 Å². The Hall–Kier alpha value is -2.70. The Labute approximate surface area is 144 Å². The first-order chi connectivity index (χ1) is 11.9. The van der Waals surface area contributed by atoms with Gasteiger partial charge in [0.25, 0.3) is 5.91 Å². The number of carbonyl (C=O) groups is 2. The first kappa shape index (κ1) is 17.1. The van der Waals surface area contributed by atoms with Crippen LogP contribution < -0.4 is 0 Å². The molecule has 132 valence electrons. The number of halogens is 1. The molecule has 25 heavy (non-hydrogen) atoms. The number of carboxylic acid groups (broad SMARTS) is 1. The van der Waals surface area contributed by atoms with Crippen LogP contribution in [-0.2, 0) is 4.79 Å². The topological polar surface area (TPSA) is 75.4 Å². The van der Waals surface area contributed by atoms with Crippen molar-refractivity contribution in [3.63, 3.8) is 0 Å². The number of likely N-dealkylation sites (tertiary alicyclic amines) is 1. The minimum Gasteiger partial charge on any atom is -0.481 e. The molecule has 0 saturated carbocycles. The molecular formula is C18H20FN3O3. The molecule has 1 aromatic carbocycles. The molecule has 1 N–H and O–H groups in total. The average molecular weight is 345 g/mol. The van der Waals surface area contributed by atoms with Gasteiger partial charge in [-0.05, 0) is 36.6 Å². The van der Waals surface area contributed by atoms with Crippen molar-refractivity contribution in [1.29, 1.82) is 0 Å². The zero-order valence-electron chi connectivity index (χ0n) is 14.1. The monoisotopic (exact) mass is 345 g/mol. The lowest BCUT2D eigenvalue weighted by Gasteiger charge is -2.18. The molecule has 1 aliphatic rings. The van der Waals surface area contributed by atoms with Gasteiger partial charge in [-0.3, -0.25) is 9.59 Å². The highest BCUT2D eigenvalue weighted by atomic mass is 19.1. The Morgan fingerprint density at radius 3 is 2.52 bits per heavy atom. The number of nitrogens with zero attached hydrogens (tertiary/aromatic N) is 3. The highest BCUT2D eigenvalue weighted by Gasteiger charge is 2.33. The third-order valence-corrected chi connectivity index (χ3v) is 4.48. The van der Waals surface area contributed by atoms with Crippen LogP contribution in [0.5, 0.6) is 0 Å². The lowest BCUT2D eigenvalue weighted by molar-refractivity contribution is -0.141. The zero-order chi connectivity index (χ0) is 18.1. The summed E-state index contributed by atoms with van der Waals surface area (Å²) in [6.07, 6.45) is 1.97. The van der Waals surface area contributed by atoms with Crippen molar-refractivity contribution in [2.24, 2.45) is 5.92 Å². The number of amides is 1. The van der Waals surface area contributed by atoms with Gasteiger partial charge in [-0.25, -0.2) is 9.07 Å². The first-order valence-electron chi connectivity index (χ1n) is 8.24. The maximum Gasteiger partial charge on any atom is 0.308 e. The van der Waals surface area contributed by atoms with Gasteiger partial charge in [0.15, 0.2) is 0 Å². The van der Waals surface area contributed by atoms with Crippen LogP contribution in [0.3, 0.4) is 0 Å². The van der Waals surface area contributed by atoms with Crippen molar-refractivity contribution >= 4 is 11.9 Å². The molecule has 0 bridgehead atoms. The molecule has 1 saturated heterocycles. The molecule has 1 unspecified atom stereocenters. The van der Waals surface area contributed by atoms with E-state index < -0.39 is 11.9 Å². The number of aliphatic carboxylic acids is 1. The largest absolute Gasteiger partial charge is 0.481 e. The number of carboxylic acids is 1. The number of rotatable bonds is 4. The summed E-state index contributed by atoms with van der Waals surface area (Å²) < 4.78 is 14.8. The van der Waals surface area contributed by atoms with Gasteiger partial charge in [-0.2, -0.15) is 5.10 Å². The molecule has 2 heterocycles. The Morgan fingerprint density at radius 1 is 1.28 bits per heavy atom. The number of carbonyl (C=O) groups excluding carboxylic acids is 1. The van der Waals surface area contributed by atoms with Gasteiger partial charge < -0.3 is 10.0 Å². The fourth-order valence-electron chi connectivity index (χ4n) is 3.18. The molecule has 1 aromatic heterocycles. The van der Waals surface area contributed by atoms with E-state index in [-0.39, 0.29) is 24.2 Å². The number of hydrogen-bond acceptors (Lipinski definition) is 3. The van der Waals surface area contributed by atoms with Gasteiger partial charge in [-0.1, -0.05) is 13.8 Å². The second kappa shape index (κ2) is 6.66. The van der Waals surface area contributed by atoms with Gasteiger partial charge in [0, 0.05) is 13.1 Å². The quantitative estimate of drug-likeness (QED) is 0.924. The summed E-state index contributed by atoms with van der Waals surface area (Å²) in [6.45, 7) is 4.55. The molecular weight excluding hydrogens is 325 g/mol. The van der Waals surface area contributed by atoms with E-state index in [4.69, 9.17) is 5.11 Å². The van der Waals surface area contributed by atoms with Crippen molar-refractivity contribution in [2.75, 3.05) is 13.1 Å². The second-order valence-electron chi connectivity index (χ2n) is 6.56. The van der Waals surface area contributed by atoms with Crippen molar-refractivity contribution in [3.05, 3.63) is 47.5 Å². The second-order valence-corrected chi connectivity index (χ2v) is 6.56. The molecule has 1 atom stereocenters. The molecule has 1 fully saturated rings. The summed E-state index contributed by atoms with van der Waals surface area (Å²) in [7, 11) is 0. The number of benzene rings is 1. The van der Waals surface area contributed by atoms with E-state index in [1.165, 1.54) is 18.3 Å². The standard InChI is InChI=1S/C18H20FN3O3/c1-11(2)16-15(17(23)21-8-7-12(10-21)18(24)25)9-20-22(16)14-5-3-13(19)4-6-14/h3-6,9,11-12H,7-8,10H2,1-2H3,(H,24,25). The Balaban J connectivity index is 1.93. The molecule has 3 rings (SSSR count). The third kappa shape index (κ3) is 3.26. The first-order valence-corrected chi connectivity index (χ1v) is 8.24. The number of aromatic nitrogens is 2. The summed E-state index contributed by atoms with van der Waals surface area (Å²) in [5.74, 6) is -1.92. The predicted octanol–water partition coefficient (Wildman–Crippen LogP) is 2.68. The molecule has 0 spiro atoms. The molecule has 1 amide bonds. The summed E-state index contributed by atoms with van der Waals surface area (Å²) >= 11 is 0. The minimum atomic E-state index is -0.874. The van der Waals surface area contributed by atoms with Crippen LogP contribution in [0.15, 0.2) is 30.5 Å². The normalized spacial score (nSPS) is 17.3. The van der Waals surface area contributed by atoms with E-state index in [9.17, 15) is 14.0 Å². The Morgan fingerprint density at radius 2 is 1.96 bits per heavy atom. The fraction of sp³-hybridized carbons (Fsp3) is 0.389. The summed E-state index contributed by atoms with van der Waals surface area (Å²) in [5, 5.41) is 13.4. The summed E-state index contributed by atoms with van der Waals surface area (Å²) in [5.41, 5.74) is 1.87. The van der Waals surface area contributed by atoms with Crippen LogP contribution in [0.4, 0.5) is 4.39 Å². The van der Waals surface area contributed by atoms with Crippen LogP contribution in [0.2, 0.25) is 0 Å². The molecule has 7 heteroatoms. The van der Waals surface area contributed by atoms with E-state index in [1.807, 2.05) is 13.8 Å². The smallest absolute Gasteiger partial charge is 0.308 e. The van der Waals surface area contributed by atoms with Crippen molar-refractivity contribution in [3.8, 4) is 5.69 Å². The van der Waals surface area contributed by atoms with E-state index in [0.717, 1.165) is 5.69 Å². The van der Waals surface area contributed by atoms with Gasteiger partial charge in [0.05, 0.1) is 29.1 Å². The SMILES string of the molecule is CC(C)c1c(C(=O)N2CCC(C(=O)O)C2)cnn1-c1ccc(F)cc1. The summed E-state index contributed by atoms with van der Waals surface area (Å²) in [4.78, 5) is 25.5. The van der Waals surface area contributed by atoms with Crippen LogP contribution in [0.1, 0.15) is 42.2 Å². The van der Waals surface area contributed by atoms with Crippen molar-refractivity contribution < 1.29 is 19.1 Å². The maximum absolute atomic E-state index is 13.2.